The minimum atomic E-state index is -0.263. The standard InChI is InChI=1S/C35H45IN5O3/c1-43-34-11-9-28-13-18-40(19-16-33(28)39-34)36-32-10-8-27-14-20-41(21-15-30(27)23-32)38-24-44-35(42)31-7-6-26-4-2-25(12-17-37)3-5-29(26)22-31/h6-11,22-23,25,38H,2-5,12-21,24,37H2,1H3/q-1. The monoisotopic (exact) mass is 710 g/mol. The molecule has 0 saturated carbocycles. The van der Waals surface area contributed by atoms with Crippen molar-refractivity contribution in [1.82, 2.24) is 18.5 Å². The predicted molar refractivity (Wildman–Crippen MR) is 168 cm³/mol. The normalized spacial score (nSPS) is 19.2. The average Bonchev–Trinajstić information content (AvgIpc) is 3.47. The summed E-state index contributed by atoms with van der Waals surface area (Å²) < 4.78 is 15.1. The number of benzene rings is 2. The summed E-state index contributed by atoms with van der Waals surface area (Å²) >= 11 is -0.232. The molecule has 236 valence electrons. The van der Waals surface area contributed by atoms with Crippen LogP contribution in [0, 0.1) is 9.49 Å². The number of carbonyl (C=O) groups excluding carboxylic acids is 1. The van der Waals surface area contributed by atoms with Crippen LogP contribution in [0.4, 0.5) is 0 Å². The van der Waals surface area contributed by atoms with Gasteiger partial charge in [-0.3, -0.25) is 0 Å². The van der Waals surface area contributed by atoms with Crippen molar-refractivity contribution in [2.75, 3.05) is 46.6 Å². The van der Waals surface area contributed by atoms with Crippen molar-refractivity contribution >= 4 is 5.97 Å². The molecule has 0 saturated heterocycles. The number of esters is 1. The van der Waals surface area contributed by atoms with Crippen molar-refractivity contribution in [3.8, 4) is 5.88 Å². The molecule has 3 N–H and O–H groups in total. The van der Waals surface area contributed by atoms with Gasteiger partial charge in [0.05, 0.1) is 0 Å². The quantitative estimate of drug-likeness (QED) is 0.112. The minimum absolute atomic E-state index is 0.180. The van der Waals surface area contributed by atoms with Gasteiger partial charge in [-0.2, -0.15) is 0 Å². The van der Waals surface area contributed by atoms with Crippen LogP contribution in [0.3, 0.4) is 0 Å². The van der Waals surface area contributed by atoms with E-state index < -0.39 is 0 Å². The Hall–Kier alpha value is -2.57. The van der Waals surface area contributed by atoms with Gasteiger partial charge in [0.2, 0.25) is 0 Å². The molecule has 0 fully saturated rings. The van der Waals surface area contributed by atoms with Crippen LogP contribution in [0.25, 0.3) is 0 Å². The van der Waals surface area contributed by atoms with Gasteiger partial charge in [0, 0.05) is 0 Å². The van der Waals surface area contributed by atoms with Crippen molar-refractivity contribution in [3.63, 3.8) is 0 Å². The number of methoxy groups -OCH3 is 1. The van der Waals surface area contributed by atoms with Crippen molar-refractivity contribution in [1.29, 1.82) is 0 Å². The van der Waals surface area contributed by atoms with Crippen LogP contribution in [-0.4, -0.2) is 65.6 Å². The summed E-state index contributed by atoms with van der Waals surface area (Å²) in [4.78, 5) is 17.6. The van der Waals surface area contributed by atoms with Gasteiger partial charge in [-0.15, -0.1) is 0 Å². The number of hydrogen-bond acceptors (Lipinski definition) is 8. The Morgan fingerprint density at radius 3 is 2.43 bits per heavy atom. The van der Waals surface area contributed by atoms with Gasteiger partial charge in [-0.1, -0.05) is 6.07 Å². The molecule has 0 radical (unpaired) electrons. The molecule has 1 aliphatic carbocycles. The van der Waals surface area contributed by atoms with E-state index in [-0.39, 0.29) is 34.2 Å². The van der Waals surface area contributed by atoms with Crippen LogP contribution < -0.4 is 37.4 Å². The van der Waals surface area contributed by atoms with E-state index in [1.54, 1.807) is 7.11 Å². The number of nitrogens with one attached hydrogen (secondary N) is 1. The number of hydrogen-bond donors (Lipinski definition) is 2. The Kier molecular flexibility index (Phi) is 10.8. The third-order valence-corrected chi connectivity index (χ3v) is 12.2. The number of pyridine rings is 1. The zero-order chi connectivity index (χ0) is 30.3. The molecule has 9 heteroatoms. The molecule has 3 aromatic rings. The predicted octanol–water partition coefficient (Wildman–Crippen LogP) is 0.928. The summed E-state index contributed by atoms with van der Waals surface area (Å²) in [5.41, 5.74) is 17.9. The number of nitrogens with two attached hydrogens (primary N) is 1. The van der Waals surface area contributed by atoms with Gasteiger partial charge in [-0.25, -0.2) is 0 Å². The molecule has 6 rings (SSSR count). The molecular formula is C35H45IN5O3-. The van der Waals surface area contributed by atoms with Crippen molar-refractivity contribution < 1.29 is 35.7 Å². The summed E-state index contributed by atoms with van der Waals surface area (Å²) in [6, 6.07) is 17.4. The molecule has 0 amide bonds. The van der Waals surface area contributed by atoms with Crippen LogP contribution >= 0.6 is 0 Å². The van der Waals surface area contributed by atoms with Gasteiger partial charge >= 0.3 is 206 Å². The molecular weight excluding hydrogens is 665 g/mol. The van der Waals surface area contributed by atoms with E-state index in [0.29, 0.717) is 17.4 Å². The Bertz CT molecular complexity index is 1450. The van der Waals surface area contributed by atoms with Crippen molar-refractivity contribution in [2.45, 2.75) is 57.8 Å². The van der Waals surface area contributed by atoms with Gasteiger partial charge in [0.25, 0.3) is 0 Å². The van der Waals surface area contributed by atoms with Crippen LogP contribution in [0.5, 0.6) is 5.88 Å². The Morgan fingerprint density at radius 1 is 0.886 bits per heavy atom. The van der Waals surface area contributed by atoms with Gasteiger partial charge in [0.15, 0.2) is 0 Å². The third kappa shape index (κ3) is 7.98. The molecule has 3 heterocycles. The van der Waals surface area contributed by atoms with Crippen LogP contribution in [0.15, 0.2) is 48.5 Å². The van der Waals surface area contributed by atoms with Gasteiger partial charge in [0.1, 0.15) is 0 Å². The Balaban J connectivity index is 0.968. The summed E-state index contributed by atoms with van der Waals surface area (Å²) in [6.45, 7) is 4.85. The molecule has 8 nitrogen and oxygen atoms in total. The fourth-order valence-corrected chi connectivity index (χ4v) is 9.27. The van der Waals surface area contributed by atoms with Crippen LogP contribution in [0.1, 0.15) is 63.1 Å². The molecule has 0 bridgehead atoms. The van der Waals surface area contributed by atoms with E-state index in [1.165, 1.54) is 43.5 Å². The second-order valence-electron chi connectivity index (χ2n) is 12.1. The zero-order valence-electron chi connectivity index (χ0n) is 25.8. The van der Waals surface area contributed by atoms with E-state index in [0.717, 1.165) is 84.1 Å². The second-order valence-corrected chi connectivity index (χ2v) is 15.2. The summed E-state index contributed by atoms with van der Waals surface area (Å²) in [5.74, 6) is 1.13. The van der Waals surface area contributed by atoms with Crippen LogP contribution in [-0.2, 0) is 43.3 Å². The summed E-state index contributed by atoms with van der Waals surface area (Å²) in [5, 5.41) is 2.20. The van der Waals surface area contributed by atoms with E-state index in [1.807, 2.05) is 18.2 Å². The van der Waals surface area contributed by atoms with E-state index >= 15 is 0 Å². The molecule has 1 unspecified atom stereocenters. The van der Waals surface area contributed by atoms with Gasteiger partial charge < -0.3 is 5.73 Å². The number of aryl methyl sites for hydroxylation is 2. The SMILES string of the molecule is COc1ccc2c(n1)CCN([I-]c1ccc3c(c1)CCN(NCOC(=O)c1ccc4c(c1)CCC(CCN)CC4)CC3)CC2. The number of hydrazine groups is 1. The first kappa shape index (κ1) is 31.4. The molecule has 2 aromatic carbocycles. The van der Waals surface area contributed by atoms with Crippen molar-refractivity contribution in [3.05, 3.63) is 91.2 Å². The molecule has 0 spiro atoms. The number of halogens is 1. The molecule has 1 atom stereocenters. The Morgan fingerprint density at radius 2 is 1.59 bits per heavy atom. The first-order chi connectivity index (χ1) is 21.6. The fourth-order valence-electron chi connectivity index (χ4n) is 6.67. The maximum absolute atomic E-state index is 12.9. The second kappa shape index (κ2) is 15.1. The first-order valence-corrected chi connectivity index (χ1v) is 18.1. The number of rotatable bonds is 9. The number of aromatic nitrogens is 1. The van der Waals surface area contributed by atoms with E-state index in [2.05, 4.69) is 43.9 Å². The van der Waals surface area contributed by atoms with E-state index in [4.69, 9.17) is 20.2 Å². The summed E-state index contributed by atoms with van der Waals surface area (Å²) in [7, 11) is 1.68. The summed E-state index contributed by atoms with van der Waals surface area (Å²) in [6.07, 6.45) is 9.48. The fraction of sp³-hybridized carbons (Fsp3) is 0.486. The third-order valence-electron chi connectivity index (χ3n) is 9.31. The topological polar surface area (TPSA) is 93.0 Å². The number of nitrogens with zero attached hydrogens (tertiary/aromatic N) is 3. The molecule has 1 aromatic heterocycles. The first-order valence-electron chi connectivity index (χ1n) is 16.1. The number of carbonyl (C=O) groups is 1. The Labute approximate surface area is 272 Å². The molecule has 44 heavy (non-hydrogen) atoms. The zero-order valence-corrected chi connectivity index (χ0v) is 28.0. The molecule has 2 aliphatic heterocycles. The van der Waals surface area contributed by atoms with Gasteiger partial charge in [-0.05, 0) is 55.7 Å². The number of fused-ring (bicyclic) bond motifs is 3. The average molecular weight is 711 g/mol. The maximum atomic E-state index is 12.9. The molecule has 3 aliphatic rings. The van der Waals surface area contributed by atoms with Crippen LogP contribution in [0.2, 0.25) is 0 Å². The number of ether oxygens (including phenoxy) is 2. The van der Waals surface area contributed by atoms with Crippen molar-refractivity contribution in [2.24, 2.45) is 11.7 Å². The van der Waals surface area contributed by atoms with E-state index in [9.17, 15) is 4.79 Å².